The van der Waals surface area contributed by atoms with Gasteiger partial charge in [-0.05, 0) is 23.3 Å². The number of hydrogen-bond acceptors (Lipinski definition) is 3. The van der Waals surface area contributed by atoms with Crippen molar-refractivity contribution in [1.82, 2.24) is 0 Å². The molecule has 0 spiro atoms. The molecule has 0 atom stereocenters. The van der Waals surface area contributed by atoms with Gasteiger partial charge in [0.25, 0.3) is 5.69 Å². The highest BCUT2D eigenvalue weighted by Crippen LogP contribution is 2.31. The molecule has 108 valence electrons. The summed E-state index contributed by atoms with van der Waals surface area (Å²) in [5.41, 5.74) is 1.14. The van der Waals surface area contributed by atoms with Gasteiger partial charge in [0.1, 0.15) is 0 Å². The first-order valence-corrected chi connectivity index (χ1v) is 6.58. The minimum absolute atomic E-state index is 0.149. The van der Waals surface area contributed by atoms with Crippen LogP contribution in [0, 0.1) is 10.1 Å². The van der Waals surface area contributed by atoms with E-state index in [1.54, 1.807) is 24.3 Å². The zero-order valence-electron chi connectivity index (χ0n) is 10.5. The molecule has 2 rings (SSSR count). The molecule has 0 radical (unpaired) electrons. The van der Waals surface area contributed by atoms with Crippen molar-refractivity contribution >= 4 is 34.9 Å². The average Bonchev–Trinajstić information content (AvgIpc) is 2.41. The number of nitro benzene ring substituents is 1. The molecule has 0 aliphatic rings. The molecule has 0 fully saturated rings. The van der Waals surface area contributed by atoms with Crippen molar-refractivity contribution in [1.29, 1.82) is 0 Å². The van der Waals surface area contributed by atoms with Gasteiger partial charge in [-0.2, -0.15) is 0 Å². The van der Waals surface area contributed by atoms with Crippen molar-refractivity contribution in [3.8, 4) is 11.1 Å². The Balaban J connectivity index is 2.50. The molecule has 0 aliphatic carbocycles. The van der Waals surface area contributed by atoms with Gasteiger partial charge in [0.05, 0.1) is 21.4 Å². The third-order valence-corrected chi connectivity index (χ3v) is 3.62. The number of hydrogen-bond donors (Lipinski definition) is 1. The number of carboxylic acid groups (broad SMARTS) is 1. The van der Waals surface area contributed by atoms with Crippen LogP contribution in [-0.4, -0.2) is 16.0 Å². The van der Waals surface area contributed by atoms with Gasteiger partial charge in [0.2, 0.25) is 0 Å². The van der Waals surface area contributed by atoms with Crippen molar-refractivity contribution in [2.75, 3.05) is 0 Å². The summed E-state index contributed by atoms with van der Waals surface area (Å²) in [6, 6.07) is 9.26. The second-order valence-corrected chi connectivity index (χ2v) is 5.11. The lowest BCUT2D eigenvalue weighted by molar-refractivity contribution is -0.385. The summed E-state index contributed by atoms with van der Waals surface area (Å²) < 4.78 is 0. The molecular formula is C14H9Cl2NO4. The van der Waals surface area contributed by atoms with Crippen LogP contribution in [0.4, 0.5) is 5.69 Å². The molecule has 2 aromatic rings. The first kappa shape index (κ1) is 15.3. The summed E-state index contributed by atoms with van der Waals surface area (Å²) in [6.07, 6.45) is -0.405. The number of halogens is 2. The first-order valence-electron chi connectivity index (χ1n) is 5.83. The smallest absolute Gasteiger partial charge is 0.308 e. The van der Waals surface area contributed by atoms with E-state index in [9.17, 15) is 14.9 Å². The Morgan fingerprint density at radius 3 is 2.29 bits per heavy atom. The van der Waals surface area contributed by atoms with Crippen LogP contribution in [0.25, 0.3) is 11.1 Å². The first-order chi connectivity index (χ1) is 9.88. The Morgan fingerprint density at radius 1 is 1.10 bits per heavy atom. The van der Waals surface area contributed by atoms with Gasteiger partial charge in [-0.1, -0.05) is 41.4 Å². The lowest BCUT2D eigenvalue weighted by Crippen LogP contribution is -2.03. The molecule has 2 aromatic carbocycles. The number of nitro groups is 1. The molecule has 5 nitrogen and oxygen atoms in total. The van der Waals surface area contributed by atoms with Gasteiger partial charge in [-0.3, -0.25) is 14.9 Å². The number of carboxylic acids is 1. The van der Waals surface area contributed by atoms with Gasteiger partial charge < -0.3 is 5.11 Å². The zero-order valence-corrected chi connectivity index (χ0v) is 12.1. The molecule has 0 amide bonds. The Hall–Kier alpha value is -2.11. The SMILES string of the molecule is O=C(O)Cc1ccc(-c2ccc(Cl)c(Cl)c2)cc1[N+](=O)[O-]. The number of aliphatic carboxylic acids is 1. The lowest BCUT2D eigenvalue weighted by Gasteiger charge is -2.06. The zero-order chi connectivity index (χ0) is 15.6. The summed E-state index contributed by atoms with van der Waals surface area (Å²) in [6.45, 7) is 0. The molecule has 0 unspecified atom stereocenters. The van der Waals surface area contributed by atoms with Gasteiger partial charge in [0, 0.05) is 11.6 Å². The number of benzene rings is 2. The predicted molar refractivity (Wildman–Crippen MR) is 79.9 cm³/mol. The quantitative estimate of drug-likeness (QED) is 0.674. The summed E-state index contributed by atoms with van der Waals surface area (Å²) in [5, 5.41) is 20.6. The van der Waals surface area contributed by atoms with Crippen LogP contribution in [-0.2, 0) is 11.2 Å². The standard InChI is InChI=1S/C14H9Cl2NO4/c15-11-4-3-8(5-12(11)16)9-1-2-10(7-14(18)19)13(6-9)17(20)21/h1-6H,7H2,(H,18,19). The molecular weight excluding hydrogens is 317 g/mol. The second-order valence-electron chi connectivity index (χ2n) is 4.30. The maximum absolute atomic E-state index is 11.1. The fourth-order valence-electron chi connectivity index (χ4n) is 1.90. The molecule has 0 bridgehead atoms. The van der Waals surface area contributed by atoms with Crippen LogP contribution in [0.2, 0.25) is 10.0 Å². The minimum atomic E-state index is -1.12. The van der Waals surface area contributed by atoms with Crippen LogP contribution in [0.15, 0.2) is 36.4 Å². The van der Waals surface area contributed by atoms with Gasteiger partial charge in [0.15, 0.2) is 0 Å². The van der Waals surface area contributed by atoms with Crippen molar-refractivity contribution < 1.29 is 14.8 Å². The van der Waals surface area contributed by atoms with E-state index in [0.717, 1.165) is 0 Å². The van der Waals surface area contributed by atoms with Crippen molar-refractivity contribution in [3.05, 3.63) is 62.1 Å². The third kappa shape index (κ3) is 3.51. The topological polar surface area (TPSA) is 80.4 Å². The van der Waals surface area contributed by atoms with E-state index in [1.165, 1.54) is 12.1 Å². The minimum Gasteiger partial charge on any atom is -0.481 e. The molecule has 0 heterocycles. The van der Waals surface area contributed by atoms with Crippen LogP contribution < -0.4 is 0 Å². The summed E-state index contributed by atoms with van der Waals surface area (Å²) in [7, 11) is 0. The van der Waals surface area contributed by atoms with Gasteiger partial charge >= 0.3 is 5.97 Å². The summed E-state index contributed by atoms with van der Waals surface area (Å²) >= 11 is 11.7. The van der Waals surface area contributed by atoms with E-state index in [2.05, 4.69) is 0 Å². The average molecular weight is 326 g/mol. The van der Waals surface area contributed by atoms with E-state index in [0.29, 0.717) is 21.2 Å². The normalized spacial score (nSPS) is 10.4. The molecule has 21 heavy (non-hydrogen) atoms. The summed E-state index contributed by atoms with van der Waals surface area (Å²) in [5.74, 6) is -1.12. The van der Waals surface area contributed by atoms with Crippen molar-refractivity contribution in [3.63, 3.8) is 0 Å². The molecule has 0 aromatic heterocycles. The van der Waals surface area contributed by atoms with Crippen LogP contribution >= 0.6 is 23.2 Å². The summed E-state index contributed by atoms with van der Waals surface area (Å²) in [4.78, 5) is 21.2. The van der Waals surface area contributed by atoms with Crippen LogP contribution in [0.3, 0.4) is 0 Å². The third-order valence-electron chi connectivity index (χ3n) is 2.88. The van der Waals surface area contributed by atoms with E-state index in [-0.39, 0.29) is 11.3 Å². The van der Waals surface area contributed by atoms with Crippen molar-refractivity contribution in [2.24, 2.45) is 0 Å². The Kier molecular flexibility index (Phi) is 4.45. The Labute approximate surface area is 129 Å². The van der Waals surface area contributed by atoms with E-state index >= 15 is 0 Å². The number of rotatable bonds is 4. The molecule has 1 N–H and O–H groups in total. The molecule has 0 saturated carbocycles. The van der Waals surface area contributed by atoms with Crippen LogP contribution in [0.1, 0.15) is 5.56 Å². The highest BCUT2D eigenvalue weighted by atomic mass is 35.5. The molecule has 0 aliphatic heterocycles. The lowest BCUT2D eigenvalue weighted by atomic mass is 10.0. The van der Waals surface area contributed by atoms with Gasteiger partial charge in [-0.15, -0.1) is 0 Å². The monoisotopic (exact) mass is 325 g/mol. The van der Waals surface area contributed by atoms with Crippen molar-refractivity contribution in [2.45, 2.75) is 6.42 Å². The number of carbonyl (C=O) groups is 1. The largest absolute Gasteiger partial charge is 0.481 e. The van der Waals surface area contributed by atoms with E-state index < -0.39 is 17.3 Å². The highest BCUT2D eigenvalue weighted by Gasteiger charge is 2.17. The number of nitrogens with zero attached hydrogens (tertiary/aromatic N) is 1. The fraction of sp³-hybridized carbons (Fsp3) is 0.0714. The fourth-order valence-corrected chi connectivity index (χ4v) is 2.20. The Bertz CT molecular complexity index is 731. The van der Waals surface area contributed by atoms with E-state index in [1.807, 2.05) is 0 Å². The molecule has 7 heteroatoms. The molecule has 0 saturated heterocycles. The maximum atomic E-state index is 11.1. The highest BCUT2D eigenvalue weighted by molar-refractivity contribution is 6.42. The van der Waals surface area contributed by atoms with Gasteiger partial charge in [-0.25, -0.2) is 0 Å². The predicted octanol–water partition coefficient (Wildman–Crippen LogP) is 4.20. The second kappa shape index (κ2) is 6.11. The van der Waals surface area contributed by atoms with Crippen LogP contribution in [0.5, 0.6) is 0 Å². The Morgan fingerprint density at radius 2 is 1.71 bits per heavy atom. The maximum Gasteiger partial charge on any atom is 0.308 e. The van der Waals surface area contributed by atoms with E-state index in [4.69, 9.17) is 28.3 Å².